The highest BCUT2D eigenvalue weighted by molar-refractivity contribution is 9.10. The predicted octanol–water partition coefficient (Wildman–Crippen LogP) is 5.25. The molecule has 3 rings (SSSR count). The summed E-state index contributed by atoms with van der Waals surface area (Å²) in [5.41, 5.74) is 4.36. The quantitative estimate of drug-likeness (QED) is 0.718. The lowest BCUT2D eigenvalue weighted by Crippen LogP contribution is -2.04. The third-order valence-corrected chi connectivity index (χ3v) is 4.94. The molecule has 2 nitrogen and oxygen atoms in total. The fourth-order valence-electron chi connectivity index (χ4n) is 2.91. The van der Waals surface area contributed by atoms with Crippen LogP contribution in [0.4, 0.5) is 0 Å². The SMILES string of the molecule is Cc1cc(C)c2nc(C3CCCCC3)oc2c1Br. The molecule has 0 spiro atoms. The van der Waals surface area contributed by atoms with Crippen molar-refractivity contribution in [2.45, 2.75) is 51.9 Å². The van der Waals surface area contributed by atoms with E-state index in [0.29, 0.717) is 5.92 Å². The highest BCUT2D eigenvalue weighted by Crippen LogP contribution is 2.37. The van der Waals surface area contributed by atoms with Crippen LogP contribution < -0.4 is 0 Å². The van der Waals surface area contributed by atoms with E-state index in [0.717, 1.165) is 21.5 Å². The van der Waals surface area contributed by atoms with Gasteiger partial charge in [-0.05, 0) is 53.7 Å². The second-order valence-corrected chi connectivity index (χ2v) is 6.18. The maximum absolute atomic E-state index is 6.04. The third kappa shape index (κ3) is 1.99. The molecule has 0 N–H and O–H groups in total. The molecule has 2 aromatic rings. The summed E-state index contributed by atoms with van der Waals surface area (Å²) in [6.45, 7) is 4.20. The van der Waals surface area contributed by atoms with Crippen molar-refractivity contribution in [2.24, 2.45) is 0 Å². The fourth-order valence-corrected chi connectivity index (χ4v) is 3.30. The van der Waals surface area contributed by atoms with Crippen molar-refractivity contribution in [1.29, 1.82) is 0 Å². The summed E-state index contributed by atoms with van der Waals surface area (Å²) < 4.78 is 7.10. The van der Waals surface area contributed by atoms with Crippen molar-refractivity contribution < 1.29 is 4.42 Å². The van der Waals surface area contributed by atoms with E-state index in [9.17, 15) is 0 Å². The molecule has 0 aliphatic heterocycles. The lowest BCUT2D eigenvalue weighted by molar-refractivity contribution is 0.373. The van der Waals surface area contributed by atoms with E-state index in [2.05, 4.69) is 35.8 Å². The summed E-state index contributed by atoms with van der Waals surface area (Å²) in [6.07, 6.45) is 6.43. The van der Waals surface area contributed by atoms with Crippen LogP contribution in [0.1, 0.15) is 55.0 Å². The summed E-state index contributed by atoms with van der Waals surface area (Å²) >= 11 is 3.62. The van der Waals surface area contributed by atoms with Gasteiger partial charge in [-0.1, -0.05) is 25.3 Å². The number of fused-ring (bicyclic) bond motifs is 1. The first-order chi connectivity index (χ1) is 8.66. The van der Waals surface area contributed by atoms with Gasteiger partial charge in [-0.15, -0.1) is 0 Å². The molecule has 0 atom stereocenters. The zero-order valence-electron chi connectivity index (χ0n) is 10.9. The van der Waals surface area contributed by atoms with Crippen LogP contribution in [0, 0.1) is 13.8 Å². The Labute approximate surface area is 116 Å². The summed E-state index contributed by atoms with van der Waals surface area (Å²) in [7, 11) is 0. The Morgan fingerprint density at radius 1 is 1.17 bits per heavy atom. The Morgan fingerprint density at radius 3 is 2.61 bits per heavy atom. The van der Waals surface area contributed by atoms with E-state index in [1.165, 1.54) is 43.2 Å². The molecule has 0 saturated heterocycles. The normalized spacial score (nSPS) is 17.5. The minimum Gasteiger partial charge on any atom is -0.439 e. The topological polar surface area (TPSA) is 26.0 Å². The Hall–Kier alpha value is -0.830. The van der Waals surface area contributed by atoms with Crippen molar-refractivity contribution >= 4 is 27.0 Å². The van der Waals surface area contributed by atoms with Crippen LogP contribution in [0.2, 0.25) is 0 Å². The van der Waals surface area contributed by atoms with E-state index in [-0.39, 0.29) is 0 Å². The number of benzene rings is 1. The summed E-state index contributed by atoms with van der Waals surface area (Å²) in [4.78, 5) is 4.74. The van der Waals surface area contributed by atoms with Crippen molar-refractivity contribution in [3.8, 4) is 0 Å². The van der Waals surface area contributed by atoms with Crippen molar-refractivity contribution in [3.63, 3.8) is 0 Å². The van der Waals surface area contributed by atoms with Crippen LogP contribution in [-0.2, 0) is 0 Å². The van der Waals surface area contributed by atoms with Gasteiger partial charge in [0.15, 0.2) is 11.5 Å². The van der Waals surface area contributed by atoms with E-state index in [4.69, 9.17) is 9.40 Å². The Balaban J connectivity index is 2.10. The molecule has 96 valence electrons. The summed E-state index contributed by atoms with van der Waals surface area (Å²) in [5.74, 6) is 1.47. The van der Waals surface area contributed by atoms with Gasteiger partial charge in [0.25, 0.3) is 0 Å². The smallest absolute Gasteiger partial charge is 0.198 e. The molecule has 0 amide bonds. The van der Waals surface area contributed by atoms with Gasteiger partial charge in [-0.3, -0.25) is 0 Å². The molecule has 1 saturated carbocycles. The lowest BCUT2D eigenvalue weighted by Gasteiger charge is -2.17. The van der Waals surface area contributed by atoms with Crippen molar-refractivity contribution in [3.05, 3.63) is 27.6 Å². The van der Waals surface area contributed by atoms with Crippen LogP contribution in [0.5, 0.6) is 0 Å². The van der Waals surface area contributed by atoms with Crippen LogP contribution >= 0.6 is 15.9 Å². The zero-order valence-corrected chi connectivity index (χ0v) is 12.5. The van der Waals surface area contributed by atoms with Gasteiger partial charge < -0.3 is 4.42 Å². The lowest BCUT2D eigenvalue weighted by atomic mass is 9.89. The van der Waals surface area contributed by atoms with E-state index in [1.807, 2.05) is 0 Å². The van der Waals surface area contributed by atoms with Gasteiger partial charge in [-0.2, -0.15) is 0 Å². The molecular formula is C15H18BrNO. The molecule has 1 aromatic heterocycles. The maximum atomic E-state index is 6.04. The molecule has 1 aromatic carbocycles. The van der Waals surface area contributed by atoms with E-state index >= 15 is 0 Å². The molecule has 1 fully saturated rings. The van der Waals surface area contributed by atoms with Gasteiger partial charge in [-0.25, -0.2) is 4.98 Å². The zero-order chi connectivity index (χ0) is 12.7. The number of oxazole rings is 1. The third-order valence-electron chi connectivity index (χ3n) is 3.95. The molecule has 1 heterocycles. The Morgan fingerprint density at radius 2 is 1.89 bits per heavy atom. The maximum Gasteiger partial charge on any atom is 0.198 e. The van der Waals surface area contributed by atoms with Crippen LogP contribution in [0.3, 0.4) is 0 Å². The van der Waals surface area contributed by atoms with Gasteiger partial charge in [0, 0.05) is 5.92 Å². The molecular weight excluding hydrogens is 290 g/mol. The second-order valence-electron chi connectivity index (χ2n) is 5.39. The molecule has 0 bridgehead atoms. The number of rotatable bonds is 1. The molecule has 0 unspecified atom stereocenters. The minimum absolute atomic E-state index is 0.526. The van der Waals surface area contributed by atoms with Crippen molar-refractivity contribution in [2.75, 3.05) is 0 Å². The average molecular weight is 308 g/mol. The first-order valence-corrected chi connectivity index (χ1v) is 7.52. The van der Waals surface area contributed by atoms with Gasteiger partial charge in [0.1, 0.15) is 5.52 Å². The number of aromatic nitrogens is 1. The Kier molecular flexibility index (Phi) is 3.18. The second kappa shape index (κ2) is 4.69. The monoisotopic (exact) mass is 307 g/mol. The predicted molar refractivity (Wildman–Crippen MR) is 77.0 cm³/mol. The van der Waals surface area contributed by atoms with Crippen LogP contribution in [0.25, 0.3) is 11.1 Å². The molecule has 18 heavy (non-hydrogen) atoms. The van der Waals surface area contributed by atoms with Crippen LogP contribution in [-0.4, -0.2) is 4.98 Å². The number of halogens is 1. The first kappa shape index (κ1) is 12.2. The number of nitrogens with zero attached hydrogens (tertiary/aromatic N) is 1. The van der Waals surface area contributed by atoms with Gasteiger partial charge in [0.05, 0.1) is 4.47 Å². The molecule has 3 heteroatoms. The van der Waals surface area contributed by atoms with E-state index in [1.54, 1.807) is 0 Å². The molecule has 1 aliphatic rings. The standard InChI is InChI=1S/C15H18BrNO/c1-9-8-10(2)13-14(12(9)16)18-15(17-13)11-6-4-3-5-7-11/h8,11H,3-7H2,1-2H3. The fraction of sp³-hybridized carbons (Fsp3) is 0.533. The summed E-state index contributed by atoms with van der Waals surface area (Å²) in [6, 6.07) is 2.17. The highest BCUT2D eigenvalue weighted by Gasteiger charge is 2.22. The molecule has 1 aliphatic carbocycles. The first-order valence-electron chi connectivity index (χ1n) is 6.73. The average Bonchev–Trinajstić information content (AvgIpc) is 2.83. The van der Waals surface area contributed by atoms with Gasteiger partial charge in [0.2, 0.25) is 0 Å². The number of hydrogen-bond acceptors (Lipinski definition) is 2. The van der Waals surface area contributed by atoms with Crippen molar-refractivity contribution in [1.82, 2.24) is 4.98 Å². The number of aryl methyl sites for hydroxylation is 2. The molecule has 0 radical (unpaired) electrons. The van der Waals surface area contributed by atoms with Crippen LogP contribution in [0.15, 0.2) is 15.0 Å². The van der Waals surface area contributed by atoms with E-state index < -0.39 is 0 Å². The van der Waals surface area contributed by atoms with Gasteiger partial charge >= 0.3 is 0 Å². The number of hydrogen-bond donors (Lipinski definition) is 0. The summed E-state index contributed by atoms with van der Waals surface area (Å²) in [5, 5.41) is 0. The minimum atomic E-state index is 0.526. The largest absolute Gasteiger partial charge is 0.439 e. The highest BCUT2D eigenvalue weighted by atomic mass is 79.9. The Bertz CT molecular complexity index is 582.